The number of nitrogens with one attached hydrogen (secondary N) is 1. The average molecular weight is 253 g/mol. The van der Waals surface area contributed by atoms with Crippen molar-refractivity contribution in [2.24, 2.45) is 11.8 Å². The smallest absolute Gasteiger partial charge is 0.0641 e. The van der Waals surface area contributed by atoms with Gasteiger partial charge in [0.15, 0.2) is 0 Å². The van der Waals surface area contributed by atoms with Crippen molar-refractivity contribution in [3.05, 3.63) is 0 Å². The van der Waals surface area contributed by atoms with Crippen LogP contribution in [0.1, 0.15) is 65.7 Å². The second-order valence-corrected chi connectivity index (χ2v) is 7.00. The first kappa shape index (κ1) is 14.3. The molecular formula is C16H31NO. The summed E-state index contributed by atoms with van der Waals surface area (Å²) in [6.07, 6.45) is 9.54. The molecule has 18 heavy (non-hydrogen) atoms. The lowest BCUT2D eigenvalue weighted by atomic mass is 9.80. The molecule has 2 aliphatic rings. The van der Waals surface area contributed by atoms with E-state index in [1.807, 2.05) is 0 Å². The van der Waals surface area contributed by atoms with Crippen molar-refractivity contribution in [3.63, 3.8) is 0 Å². The fourth-order valence-corrected chi connectivity index (χ4v) is 3.58. The molecule has 1 aliphatic carbocycles. The van der Waals surface area contributed by atoms with Gasteiger partial charge in [0.25, 0.3) is 0 Å². The topological polar surface area (TPSA) is 21.3 Å². The Balaban J connectivity index is 1.66. The lowest BCUT2D eigenvalue weighted by Crippen LogP contribution is -2.45. The van der Waals surface area contributed by atoms with E-state index in [1.54, 1.807) is 0 Å². The molecule has 0 aromatic carbocycles. The molecule has 0 amide bonds. The highest BCUT2D eigenvalue weighted by Gasteiger charge is 2.29. The van der Waals surface area contributed by atoms with E-state index in [-0.39, 0.29) is 5.60 Å². The van der Waals surface area contributed by atoms with Gasteiger partial charge in [0.05, 0.1) is 5.60 Å². The molecule has 1 unspecified atom stereocenters. The largest absolute Gasteiger partial charge is 0.375 e. The van der Waals surface area contributed by atoms with Crippen molar-refractivity contribution >= 4 is 0 Å². The van der Waals surface area contributed by atoms with Crippen LogP contribution < -0.4 is 5.32 Å². The molecule has 1 saturated heterocycles. The molecule has 1 heterocycles. The summed E-state index contributed by atoms with van der Waals surface area (Å²) in [5.74, 6) is 1.95. The zero-order chi connectivity index (χ0) is 13.0. The second kappa shape index (κ2) is 6.38. The van der Waals surface area contributed by atoms with Crippen molar-refractivity contribution in [2.75, 3.05) is 13.2 Å². The summed E-state index contributed by atoms with van der Waals surface area (Å²) in [6.45, 7) is 8.93. The number of ether oxygens (including phenoxy) is 1. The Hall–Kier alpha value is -0.0800. The van der Waals surface area contributed by atoms with Crippen molar-refractivity contribution in [1.29, 1.82) is 0 Å². The minimum atomic E-state index is 0.0792. The van der Waals surface area contributed by atoms with Gasteiger partial charge in [-0.05, 0) is 57.9 Å². The highest BCUT2D eigenvalue weighted by Crippen LogP contribution is 2.30. The zero-order valence-electron chi connectivity index (χ0n) is 12.5. The fraction of sp³-hybridized carbons (Fsp3) is 1.00. The monoisotopic (exact) mass is 253 g/mol. The summed E-state index contributed by atoms with van der Waals surface area (Å²) in [5.41, 5.74) is 0.0792. The minimum absolute atomic E-state index is 0.0792. The Morgan fingerprint density at radius 1 is 1.06 bits per heavy atom. The van der Waals surface area contributed by atoms with Gasteiger partial charge in [0, 0.05) is 12.6 Å². The van der Waals surface area contributed by atoms with Crippen LogP contribution in [0, 0.1) is 11.8 Å². The normalized spacial score (nSPS) is 36.5. The summed E-state index contributed by atoms with van der Waals surface area (Å²) in [7, 11) is 0. The first-order chi connectivity index (χ1) is 8.59. The first-order valence-electron chi connectivity index (χ1n) is 7.96. The van der Waals surface area contributed by atoms with Crippen LogP contribution in [-0.2, 0) is 4.74 Å². The highest BCUT2D eigenvalue weighted by atomic mass is 16.5. The molecule has 0 aromatic rings. The van der Waals surface area contributed by atoms with E-state index in [1.165, 1.54) is 45.1 Å². The molecule has 2 fully saturated rings. The van der Waals surface area contributed by atoms with E-state index < -0.39 is 0 Å². The summed E-state index contributed by atoms with van der Waals surface area (Å²) in [6, 6.07) is 0.678. The quantitative estimate of drug-likeness (QED) is 0.824. The summed E-state index contributed by atoms with van der Waals surface area (Å²) < 4.78 is 5.78. The van der Waals surface area contributed by atoms with Crippen LogP contribution in [0.3, 0.4) is 0 Å². The Bertz CT molecular complexity index is 243. The number of hydrogen-bond acceptors (Lipinski definition) is 2. The minimum Gasteiger partial charge on any atom is -0.375 e. The van der Waals surface area contributed by atoms with E-state index in [0.29, 0.717) is 6.04 Å². The Morgan fingerprint density at radius 3 is 2.33 bits per heavy atom. The molecule has 0 spiro atoms. The molecule has 2 rings (SSSR count). The molecule has 1 aliphatic heterocycles. The van der Waals surface area contributed by atoms with Crippen LogP contribution in [0.5, 0.6) is 0 Å². The number of rotatable bonds is 4. The van der Waals surface area contributed by atoms with Gasteiger partial charge in [0.2, 0.25) is 0 Å². The van der Waals surface area contributed by atoms with E-state index in [2.05, 4.69) is 26.1 Å². The molecule has 2 heteroatoms. The summed E-state index contributed by atoms with van der Waals surface area (Å²) in [4.78, 5) is 0. The third-order valence-electron chi connectivity index (χ3n) is 4.94. The SMILES string of the molecule is CCC1CCC(CNC2CCOC(C)(C)C2)CC1. The van der Waals surface area contributed by atoms with Gasteiger partial charge in [0.1, 0.15) is 0 Å². The number of hydrogen-bond donors (Lipinski definition) is 1. The van der Waals surface area contributed by atoms with E-state index >= 15 is 0 Å². The van der Waals surface area contributed by atoms with Gasteiger partial charge in [-0.15, -0.1) is 0 Å². The molecule has 0 bridgehead atoms. The molecular weight excluding hydrogens is 222 g/mol. The van der Waals surface area contributed by atoms with Gasteiger partial charge >= 0.3 is 0 Å². The van der Waals surface area contributed by atoms with Crippen LogP contribution in [0.2, 0.25) is 0 Å². The third kappa shape index (κ3) is 4.24. The van der Waals surface area contributed by atoms with Crippen LogP contribution in [-0.4, -0.2) is 24.8 Å². The van der Waals surface area contributed by atoms with E-state index in [0.717, 1.165) is 24.9 Å². The second-order valence-electron chi connectivity index (χ2n) is 7.00. The Morgan fingerprint density at radius 2 is 1.72 bits per heavy atom. The van der Waals surface area contributed by atoms with Gasteiger partial charge < -0.3 is 10.1 Å². The van der Waals surface area contributed by atoms with Crippen molar-refractivity contribution in [1.82, 2.24) is 5.32 Å². The first-order valence-corrected chi connectivity index (χ1v) is 7.96. The molecule has 106 valence electrons. The fourth-order valence-electron chi connectivity index (χ4n) is 3.58. The van der Waals surface area contributed by atoms with E-state index in [9.17, 15) is 0 Å². The van der Waals surface area contributed by atoms with Crippen molar-refractivity contribution in [3.8, 4) is 0 Å². The standard InChI is InChI=1S/C16H31NO/c1-4-13-5-7-14(8-6-13)12-17-15-9-10-18-16(2,3)11-15/h13-15,17H,4-12H2,1-3H3. The zero-order valence-corrected chi connectivity index (χ0v) is 12.5. The molecule has 1 N–H and O–H groups in total. The van der Waals surface area contributed by atoms with Crippen LogP contribution >= 0.6 is 0 Å². The predicted octanol–water partition coefficient (Wildman–Crippen LogP) is 3.75. The van der Waals surface area contributed by atoms with E-state index in [4.69, 9.17) is 4.74 Å². The van der Waals surface area contributed by atoms with Crippen LogP contribution in [0.4, 0.5) is 0 Å². The van der Waals surface area contributed by atoms with Crippen LogP contribution in [0.25, 0.3) is 0 Å². The Labute approximate surface area is 113 Å². The van der Waals surface area contributed by atoms with Crippen molar-refractivity contribution < 1.29 is 4.74 Å². The lowest BCUT2D eigenvalue weighted by Gasteiger charge is -2.37. The molecule has 1 atom stereocenters. The highest BCUT2D eigenvalue weighted by molar-refractivity contribution is 4.84. The molecule has 2 nitrogen and oxygen atoms in total. The summed E-state index contributed by atoms with van der Waals surface area (Å²) >= 11 is 0. The van der Waals surface area contributed by atoms with Gasteiger partial charge in [-0.1, -0.05) is 26.2 Å². The van der Waals surface area contributed by atoms with Crippen LogP contribution in [0.15, 0.2) is 0 Å². The van der Waals surface area contributed by atoms with Crippen molar-refractivity contribution in [2.45, 2.75) is 77.4 Å². The maximum atomic E-state index is 5.78. The Kier molecular flexibility index (Phi) is 5.08. The molecule has 0 aromatic heterocycles. The summed E-state index contributed by atoms with van der Waals surface area (Å²) in [5, 5.41) is 3.80. The van der Waals surface area contributed by atoms with Gasteiger partial charge in [-0.3, -0.25) is 0 Å². The average Bonchev–Trinajstić information content (AvgIpc) is 2.36. The molecule has 0 radical (unpaired) electrons. The maximum Gasteiger partial charge on any atom is 0.0641 e. The van der Waals surface area contributed by atoms with Gasteiger partial charge in [-0.25, -0.2) is 0 Å². The third-order valence-corrected chi connectivity index (χ3v) is 4.94. The maximum absolute atomic E-state index is 5.78. The van der Waals surface area contributed by atoms with Gasteiger partial charge in [-0.2, -0.15) is 0 Å². The predicted molar refractivity (Wildman–Crippen MR) is 76.8 cm³/mol. The molecule has 1 saturated carbocycles. The lowest BCUT2D eigenvalue weighted by molar-refractivity contribution is -0.0633.